The second kappa shape index (κ2) is 5.13. The zero-order valence-electron chi connectivity index (χ0n) is 13.3. The maximum Gasteiger partial charge on any atom is 0.136 e. The minimum Gasteiger partial charge on any atom is -0.497 e. The Hall–Kier alpha value is -1.35. The molecule has 2 fully saturated rings. The fourth-order valence-corrected chi connectivity index (χ4v) is 3.82. The molecule has 3 rings (SSSR count). The molecular weight excluding hydrogens is 264 g/mol. The van der Waals surface area contributed by atoms with Gasteiger partial charge in [-0.3, -0.25) is 4.79 Å². The van der Waals surface area contributed by atoms with Crippen LogP contribution in [0.2, 0.25) is 0 Å². The lowest BCUT2D eigenvalue weighted by Gasteiger charge is -2.51. The minimum atomic E-state index is -0.239. The van der Waals surface area contributed by atoms with Crippen molar-refractivity contribution >= 4 is 5.78 Å². The molecule has 0 amide bonds. The van der Waals surface area contributed by atoms with E-state index in [9.17, 15) is 4.79 Å². The van der Waals surface area contributed by atoms with Gasteiger partial charge in [0.1, 0.15) is 11.5 Å². The van der Waals surface area contributed by atoms with E-state index >= 15 is 0 Å². The number of methoxy groups -OCH3 is 1. The highest BCUT2D eigenvalue weighted by atomic mass is 16.5. The van der Waals surface area contributed by atoms with Crippen molar-refractivity contribution in [1.82, 2.24) is 0 Å². The molecule has 0 radical (unpaired) electrons. The first-order chi connectivity index (χ1) is 9.92. The van der Waals surface area contributed by atoms with Gasteiger partial charge in [0, 0.05) is 12.3 Å². The fraction of sp³-hybridized carbons (Fsp3) is 0.611. The van der Waals surface area contributed by atoms with E-state index in [1.54, 1.807) is 7.11 Å². The second-order valence-corrected chi connectivity index (χ2v) is 6.97. The van der Waals surface area contributed by atoms with Gasteiger partial charge in [0.15, 0.2) is 0 Å². The van der Waals surface area contributed by atoms with E-state index < -0.39 is 0 Å². The van der Waals surface area contributed by atoms with Crippen molar-refractivity contribution in [3.05, 3.63) is 29.8 Å². The lowest BCUT2D eigenvalue weighted by atomic mass is 9.64. The van der Waals surface area contributed by atoms with E-state index in [1.807, 2.05) is 12.1 Å². The van der Waals surface area contributed by atoms with Crippen LogP contribution >= 0.6 is 0 Å². The Morgan fingerprint density at radius 2 is 1.90 bits per heavy atom. The molecule has 1 aromatic rings. The third kappa shape index (κ3) is 2.48. The van der Waals surface area contributed by atoms with Gasteiger partial charge in [-0.25, -0.2) is 0 Å². The minimum absolute atomic E-state index is 0.00130. The highest BCUT2D eigenvalue weighted by Gasteiger charge is 2.50. The Morgan fingerprint density at radius 1 is 1.24 bits per heavy atom. The van der Waals surface area contributed by atoms with Crippen LogP contribution in [0.25, 0.3) is 0 Å². The summed E-state index contributed by atoms with van der Waals surface area (Å²) in [6, 6.07) is 8.05. The van der Waals surface area contributed by atoms with Crippen LogP contribution in [0.3, 0.4) is 0 Å². The van der Waals surface area contributed by atoms with Crippen molar-refractivity contribution in [2.75, 3.05) is 7.11 Å². The van der Waals surface area contributed by atoms with Gasteiger partial charge in [0.05, 0.1) is 18.8 Å². The molecule has 1 aliphatic heterocycles. The molecule has 2 aliphatic rings. The van der Waals surface area contributed by atoms with Crippen molar-refractivity contribution in [3.8, 4) is 5.75 Å². The average molecular weight is 288 g/mol. The monoisotopic (exact) mass is 288 g/mol. The first-order valence-corrected chi connectivity index (χ1v) is 7.77. The number of rotatable bonds is 2. The number of hydrogen-bond donors (Lipinski definition) is 0. The SMILES string of the molecule is COc1ccc([C@@H]2OC(C)(C)[C@H]3CC(=O)[C@@H](C)[C@@H]2C3)cc1. The lowest BCUT2D eigenvalue weighted by molar-refractivity contribution is -0.197. The number of fused-ring (bicyclic) bond motifs is 2. The number of carbonyl (C=O) groups is 1. The Kier molecular flexibility index (Phi) is 3.56. The first kappa shape index (κ1) is 14.6. The molecule has 1 saturated heterocycles. The van der Waals surface area contributed by atoms with Gasteiger partial charge in [0.2, 0.25) is 0 Å². The Morgan fingerprint density at radius 3 is 2.52 bits per heavy atom. The van der Waals surface area contributed by atoms with Crippen LogP contribution in [0.15, 0.2) is 24.3 Å². The predicted octanol–water partition coefficient (Wildman–Crippen LogP) is 3.78. The molecule has 0 N–H and O–H groups in total. The molecule has 0 aromatic heterocycles. The number of hydrogen-bond acceptors (Lipinski definition) is 3. The summed E-state index contributed by atoms with van der Waals surface area (Å²) in [4.78, 5) is 12.3. The molecule has 0 unspecified atom stereocenters. The molecule has 0 spiro atoms. The normalized spacial score (nSPS) is 34.6. The van der Waals surface area contributed by atoms with Gasteiger partial charge in [-0.1, -0.05) is 19.1 Å². The van der Waals surface area contributed by atoms with Crippen molar-refractivity contribution in [2.45, 2.75) is 45.3 Å². The van der Waals surface area contributed by atoms with Gasteiger partial charge in [-0.2, -0.15) is 0 Å². The molecular formula is C18H24O3. The van der Waals surface area contributed by atoms with Gasteiger partial charge in [0.25, 0.3) is 0 Å². The number of ketones is 1. The van der Waals surface area contributed by atoms with Crippen LogP contribution in [-0.2, 0) is 9.53 Å². The van der Waals surface area contributed by atoms with Crippen LogP contribution in [0.5, 0.6) is 5.75 Å². The fourth-order valence-electron chi connectivity index (χ4n) is 3.82. The van der Waals surface area contributed by atoms with Crippen LogP contribution in [-0.4, -0.2) is 18.5 Å². The van der Waals surface area contributed by atoms with Gasteiger partial charge < -0.3 is 9.47 Å². The topological polar surface area (TPSA) is 35.5 Å². The van der Waals surface area contributed by atoms with Crippen molar-refractivity contribution in [1.29, 1.82) is 0 Å². The van der Waals surface area contributed by atoms with E-state index in [1.165, 1.54) is 0 Å². The summed E-state index contributed by atoms with van der Waals surface area (Å²) in [5.74, 6) is 1.97. The van der Waals surface area contributed by atoms with Crippen molar-refractivity contribution in [2.24, 2.45) is 17.8 Å². The molecule has 1 aromatic carbocycles. The summed E-state index contributed by atoms with van der Waals surface area (Å²) < 4.78 is 11.6. The summed E-state index contributed by atoms with van der Waals surface area (Å²) in [7, 11) is 1.67. The van der Waals surface area contributed by atoms with Crippen LogP contribution < -0.4 is 4.74 Å². The highest BCUT2D eigenvalue weighted by Crippen LogP contribution is 2.51. The summed E-state index contributed by atoms with van der Waals surface area (Å²) >= 11 is 0. The van der Waals surface area contributed by atoms with Gasteiger partial charge in [-0.05, 0) is 49.8 Å². The first-order valence-electron chi connectivity index (χ1n) is 7.77. The molecule has 1 aliphatic carbocycles. The molecule has 114 valence electrons. The number of carbonyl (C=O) groups excluding carboxylic acids is 1. The van der Waals surface area contributed by atoms with E-state index in [0.29, 0.717) is 18.1 Å². The van der Waals surface area contributed by atoms with Crippen LogP contribution in [0.1, 0.15) is 45.3 Å². The quantitative estimate of drug-likeness (QED) is 0.831. The maximum atomic E-state index is 12.3. The largest absolute Gasteiger partial charge is 0.497 e. The van der Waals surface area contributed by atoms with Gasteiger partial charge >= 0.3 is 0 Å². The Bertz CT molecular complexity index is 532. The number of benzene rings is 1. The van der Waals surface area contributed by atoms with Crippen molar-refractivity contribution < 1.29 is 14.3 Å². The molecule has 4 atom stereocenters. The molecule has 21 heavy (non-hydrogen) atoms. The standard InChI is InChI=1S/C18H24O3/c1-11-15-9-13(10-16(11)19)18(2,3)21-17(15)12-5-7-14(20-4)8-6-12/h5-8,11,13,15,17H,9-10H2,1-4H3/t11-,13+,15-,17-/m0/s1. The second-order valence-electron chi connectivity index (χ2n) is 6.97. The summed E-state index contributed by atoms with van der Waals surface area (Å²) in [6.45, 7) is 6.29. The molecule has 3 heteroatoms. The number of ether oxygens (including phenoxy) is 2. The predicted molar refractivity (Wildman–Crippen MR) is 81.3 cm³/mol. The summed E-state index contributed by atoms with van der Waals surface area (Å²) in [5, 5.41) is 0. The lowest BCUT2D eigenvalue weighted by Crippen LogP contribution is -2.51. The highest BCUT2D eigenvalue weighted by molar-refractivity contribution is 5.82. The molecule has 1 saturated carbocycles. The van der Waals surface area contributed by atoms with Gasteiger partial charge in [-0.15, -0.1) is 0 Å². The van der Waals surface area contributed by atoms with Crippen molar-refractivity contribution in [3.63, 3.8) is 0 Å². The third-order valence-electron chi connectivity index (χ3n) is 5.40. The van der Waals surface area contributed by atoms with E-state index in [-0.39, 0.29) is 23.5 Å². The molecule has 1 heterocycles. The van der Waals surface area contributed by atoms with E-state index in [0.717, 1.165) is 17.7 Å². The zero-order valence-corrected chi connectivity index (χ0v) is 13.3. The number of Topliss-reactive ketones (excluding diaryl/α,β-unsaturated/α-hetero) is 1. The Labute approximate surface area is 126 Å². The van der Waals surface area contributed by atoms with E-state index in [4.69, 9.17) is 9.47 Å². The maximum absolute atomic E-state index is 12.3. The summed E-state index contributed by atoms with van der Waals surface area (Å²) in [5.41, 5.74) is 0.908. The van der Waals surface area contributed by atoms with E-state index in [2.05, 4.69) is 32.9 Å². The third-order valence-corrected chi connectivity index (χ3v) is 5.40. The van der Waals surface area contributed by atoms with Crippen LogP contribution in [0.4, 0.5) is 0 Å². The Balaban J connectivity index is 1.94. The molecule has 2 bridgehead atoms. The smallest absolute Gasteiger partial charge is 0.136 e. The van der Waals surface area contributed by atoms with Crippen LogP contribution in [0, 0.1) is 17.8 Å². The average Bonchev–Trinajstić information content (AvgIpc) is 2.47. The molecule has 3 nitrogen and oxygen atoms in total. The zero-order chi connectivity index (χ0) is 15.2. The summed E-state index contributed by atoms with van der Waals surface area (Å²) in [6.07, 6.45) is 1.75.